The Hall–Kier alpha value is -0.780. The van der Waals surface area contributed by atoms with E-state index in [1.165, 1.54) is 0 Å². The maximum Gasteiger partial charge on any atom is 0.270 e. The second kappa shape index (κ2) is 5.54. The highest BCUT2D eigenvalue weighted by molar-refractivity contribution is 9.10. The molecule has 0 spiro atoms. The van der Waals surface area contributed by atoms with Crippen LogP contribution in [0.15, 0.2) is 28.2 Å². The van der Waals surface area contributed by atoms with Crippen LogP contribution in [-0.2, 0) is 6.54 Å². The van der Waals surface area contributed by atoms with Gasteiger partial charge in [0.2, 0.25) is 0 Å². The van der Waals surface area contributed by atoms with E-state index in [2.05, 4.69) is 15.9 Å². The molecule has 3 rings (SSSR count). The third-order valence-corrected chi connectivity index (χ3v) is 5.23. The van der Waals surface area contributed by atoms with Crippen molar-refractivity contribution in [3.05, 3.63) is 43.8 Å². The number of hydrogen-bond donors (Lipinski definition) is 0. The van der Waals surface area contributed by atoms with Gasteiger partial charge in [-0.1, -0.05) is 11.6 Å². The first kappa shape index (κ1) is 14.2. The summed E-state index contributed by atoms with van der Waals surface area (Å²) < 4.78 is 3.08. The van der Waals surface area contributed by atoms with E-state index >= 15 is 0 Å². The molecule has 2 aromatic heterocycles. The van der Waals surface area contributed by atoms with Crippen LogP contribution in [0.3, 0.4) is 0 Å². The molecular weight excluding hydrogens is 360 g/mol. The van der Waals surface area contributed by atoms with Gasteiger partial charge in [-0.25, -0.2) is 0 Å². The molecule has 0 atom stereocenters. The van der Waals surface area contributed by atoms with Crippen LogP contribution in [0.4, 0.5) is 0 Å². The number of amides is 1. The van der Waals surface area contributed by atoms with Crippen LogP contribution in [0.25, 0.3) is 0 Å². The highest BCUT2D eigenvalue weighted by atomic mass is 79.9. The molecule has 6 heteroatoms. The lowest BCUT2D eigenvalue weighted by atomic mass is 10.3. The van der Waals surface area contributed by atoms with Crippen molar-refractivity contribution in [3.8, 4) is 0 Å². The highest BCUT2D eigenvalue weighted by Gasteiger charge is 2.28. The van der Waals surface area contributed by atoms with Crippen molar-refractivity contribution in [3.63, 3.8) is 0 Å². The Morgan fingerprint density at radius 3 is 2.90 bits per heavy atom. The minimum atomic E-state index is 0.0216. The zero-order chi connectivity index (χ0) is 14.3. The van der Waals surface area contributed by atoms with Gasteiger partial charge in [0.1, 0.15) is 5.69 Å². The van der Waals surface area contributed by atoms with Gasteiger partial charge >= 0.3 is 0 Å². The van der Waals surface area contributed by atoms with Crippen LogP contribution in [0, 0.1) is 0 Å². The van der Waals surface area contributed by atoms with Gasteiger partial charge in [0.05, 0.1) is 11.6 Å². The lowest BCUT2D eigenvalue weighted by molar-refractivity contribution is 0.0775. The molecule has 0 saturated heterocycles. The quantitative estimate of drug-likeness (QED) is 0.770. The van der Waals surface area contributed by atoms with E-state index in [0.29, 0.717) is 23.3 Å². The number of aromatic nitrogens is 1. The van der Waals surface area contributed by atoms with Crippen molar-refractivity contribution >= 4 is 44.8 Å². The molecule has 1 aliphatic rings. The van der Waals surface area contributed by atoms with Gasteiger partial charge in [0.25, 0.3) is 5.91 Å². The van der Waals surface area contributed by atoms with Gasteiger partial charge in [-0.05, 0) is 40.9 Å². The Labute approximate surface area is 135 Å². The van der Waals surface area contributed by atoms with E-state index in [9.17, 15) is 4.79 Å². The number of thiophene rings is 1. The van der Waals surface area contributed by atoms with Crippen molar-refractivity contribution in [1.29, 1.82) is 0 Å². The lowest BCUT2D eigenvalue weighted by Gasteiger charge is -2.17. The molecular formula is C14H14BrClN2OS. The third kappa shape index (κ3) is 2.95. The van der Waals surface area contributed by atoms with E-state index in [1.807, 2.05) is 29.3 Å². The second-order valence-electron chi connectivity index (χ2n) is 5.07. The summed E-state index contributed by atoms with van der Waals surface area (Å²) in [5.74, 6) is 0.0216. The second-order valence-corrected chi connectivity index (χ2v) is 7.42. The Morgan fingerprint density at radius 1 is 1.55 bits per heavy atom. The lowest BCUT2D eigenvalue weighted by Crippen LogP contribution is -2.27. The molecule has 0 aliphatic heterocycles. The van der Waals surface area contributed by atoms with Crippen LogP contribution in [-0.4, -0.2) is 22.4 Å². The number of rotatable bonds is 4. The molecule has 1 fully saturated rings. The smallest absolute Gasteiger partial charge is 0.270 e. The molecule has 2 aromatic rings. The summed E-state index contributed by atoms with van der Waals surface area (Å²) in [6.07, 6.45) is 4.13. The van der Waals surface area contributed by atoms with E-state index in [0.717, 1.165) is 22.2 Å². The number of halogens is 2. The van der Waals surface area contributed by atoms with Crippen molar-refractivity contribution in [1.82, 2.24) is 9.47 Å². The monoisotopic (exact) mass is 372 g/mol. The number of hydrogen-bond acceptors (Lipinski definition) is 2. The van der Waals surface area contributed by atoms with Crippen molar-refractivity contribution in [2.45, 2.75) is 25.4 Å². The molecule has 0 unspecified atom stereocenters. The predicted octanol–water partition coefficient (Wildman–Crippen LogP) is 4.57. The largest absolute Gasteiger partial charge is 0.339 e. The molecule has 1 aliphatic carbocycles. The molecule has 1 saturated carbocycles. The summed E-state index contributed by atoms with van der Waals surface area (Å²) in [6.45, 7) is 0.614. The fraction of sp³-hybridized carbons (Fsp3) is 0.357. The highest BCUT2D eigenvalue weighted by Crippen LogP contribution is 2.37. The first-order chi connectivity index (χ1) is 9.54. The number of carbonyl (C=O) groups excluding carboxylic acids is 1. The molecule has 3 nitrogen and oxygen atoms in total. The standard InChI is InChI=1S/C14H14BrClN2OS/c1-17(7-12-4-9(15)8-20-12)14(19)13-5-10(16)6-18(13)11-2-3-11/h4-6,8,11H,2-3,7H2,1H3. The van der Waals surface area contributed by atoms with Gasteiger partial charge in [0, 0.05) is 34.0 Å². The zero-order valence-electron chi connectivity index (χ0n) is 11.0. The summed E-state index contributed by atoms with van der Waals surface area (Å²) in [6, 6.07) is 4.26. The molecule has 20 heavy (non-hydrogen) atoms. The Kier molecular flexibility index (Phi) is 3.93. The normalized spacial score (nSPS) is 14.6. The zero-order valence-corrected chi connectivity index (χ0v) is 14.1. The van der Waals surface area contributed by atoms with E-state index in [1.54, 1.807) is 22.3 Å². The average molecular weight is 374 g/mol. The molecule has 1 amide bonds. The van der Waals surface area contributed by atoms with Gasteiger partial charge in [-0.3, -0.25) is 4.79 Å². The maximum absolute atomic E-state index is 12.6. The summed E-state index contributed by atoms with van der Waals surface area (Å²) in [4.78, 5) is 15.5. The summed E-state index contributed by atoms with van der Waals surface area (Å²) in [7, 11) is 1.83. The Bertz CT molecular complexity index is 647. The van der Waals surface area contributed by atoms with Gasteiger partial charge < -0.3 is 9.47 Å². The minimum absolute atomic E-state index is 0.0216. The Balaban J connectivity index is 1.77. The van der Waals surface area contributed by atoms with Gasteiger partial charge in [-0.2, -0.15) is 0 Å². The van der Waals surface area contributed by atoms with E-state index < -0.39 is 0 Å². The van der Waals surface area contributed by atoms with Crippen LogP contribution >= 0.6 is 38.9 Å². The topological polar surface area (TPSA) is 25.2 Å². The van der Waals surface area contributed by atoms with Crippen molar-refractivity contribution in [2.75, 3.05) is 7.05 Å². The Morgan fingerprint density at radius 2 is 2.30 bits per heavy atom. The van der Waals surface area contributed by atoms with E-state index in [-0.39, 0.29) is 5.91 Å². The molecule has 0 radical (unpaired) electrons. The molecule has 2 heterocycles. The summed E-state index contributed by atoms with van der Waals surface area (Å²) in [5.41, 5.74) is 0.690. The third-order valence-electron chi connectivity index (χ3n) is 3.34. The maximum atomic E-state index is 12.6. The molecule has 0 N–H and O–H groups in total. The minimum Gasteiger partial charge on any atom is -0.339 e. The summed E-state index contributed by atoms with van der Waals surface area (Å²) >= 11 is 11.1. The first-order valence-corrected chi connectivity index (χ1v) is 8.45. The average Bonchev–Trinajstić information content (AvgIpc) is 3.07. The molecule has 0 bridgehead atoms. The van der Waals surface area contributed by atoms with Crippen LogP contribution in [0.5, 0.6) is 0 Å². The molecule has 106 valence electrons. The van der Waals surface area contributed by atoms with Crippen LogP contribution in [0.2, 0.25) is 5.02 Å². The first-order valence-electron chi connectivity index (χ1n) is 6.40. The van der Waals surface area contributed by atoms with Crippen molar-refractivity contribution < 1.29 is 4.79 Å². The van der Waals surface area contributed by atoms with E-state index in [4.69, 9.17) is 11.6 Å². The fourth-order valence-electron chi connectivity index (χ4n) is 2.21. The fourth-order valence-corrected chi connectivity index (χ4v) is 3.92. The van der Waals surface area contributed by atoms with Gasteiger partial charge in [0.15, 0.2) is 0 Å². The van der Waals surface area contributed by atoms with Gasteiger partial charge in [-0.15, -0.1) is 11.3 Å². The number of carbonyl (C=O) groups is 1. The summed E-state index contributed by atoms with van der Waals surface area (Å²) in [5, 5.41) is 2.66. The predicted molar refractivity (Wildman–Crippen MR) is 85.5 cm³/mol. The number of nitrogens with zero attached hydrogens (tertiary/aromatic N) is 2. The SMILES string of the molecule is CN(Cc1cc(Br)cs1)C(=O)c1cc(Cl)cn1C1CC1. The van der Waals surface area contributed by atoms with Crippen molar-refractivity contribution in [2.24, 2.45) is 0 Å². The van der Waals surface area contributed by atoms with Crippen LogP contribution in [0.1, 0.15) is 34.2 Å². The van der Waals surface area contributed by atoms with Crippen LogP contribution < -0.4 is 0 Å². The molecule has 0 aromatic carbocycles.